The smallest absolute Gasteiger partial charge is 0.262 e. The normalized spacial score (nSPS) is 11.8. The van der Waals surface area contributed by atoms with Gasteiger partial charge in [-0.05, 0) is 24.2 Å². The maximum Gasteiger partial charge on any atom is 0.417 e. The molecule has 108 valence electrons. The van der Waals surface area contributed by atoms with Crippen molar-refractivity contribution in [3.05, 3.63) is 28.7 Å². The Hall–Kier alpha value is -1.28. The number of alkyl halides is 3. The maximum absolute atomic E-state index is 12.5. The van der Waals surface area contributed by atoms with E-state index in [-0.39, 0.29) is 10.0 Å². The molecule has 4 nitrogen and oxygen atoms in total. The molecule has 0 aromatic carbocycles. The van der Waals surface area contributed by atoms with E-state index in [1.54, 1.807) is 0 Å². The lowest BCUT2D eigenvalue weighted by molar-refractivity contribution is -0.137. The molecule has 2 heterocycles. The molecule has 0 bridgehead atoms. The van der Waals surface area contributed by atoms with Crippen molar-refractivity contribution in [2.75, 3.05) is 0 Å². The van der Waals surface area contributed by atoms with Gasteiger partial charge in [0.1, 0.15) is 10.9 Å². The standard InChI is InChI=1S/C11H10ClF3N4S/c1-2-3-8-17-10(19-18-8)20-9-7(12)4-6(5-16-9)11(13,14)15/h4-5H,2-3H2,1H3,(H,17,18,19). The minimum Gasteiger partial charge on any atom is -0.262 e. The predicted molar refractivity (Wildman–Crippen MR) is 68.7 cm³/mol. The number of aryl methyl sites for hydroxylation is 1. The summed E-state index contributed by atoms with van der Waals surface area (Å²) in [5, 5.41) is 7.24. The molecule has 0 atom stereocenters. The van der Waals surface area contributed by atoms with Crippen LogP contribution in [0.2, 0.25) is 5.02 Å². The van der Waals surface area contributed by atoms with Gasteiger partial charge in [0.25, 0.3) is 0 Å². The third-order valence-electron chi connectivity index (χ3n) is 2.32. The average molecular weight is 323 g/mol. The van der Waals surface area contributed by atoms with E-state index >= 15 is 0 Å². The Kier molecular flexibility index (Phi) is 4.54. The second-order valence-electron chi connectivity index (χ2n) is 3.93. The summed E-state index contributed by atoms with van der Waals surface area (Å²) in [6.45, 7) is 2.00. The van der Waals surface area contributed by atoms with Crippen LogP contribution in [0.3, 0.4) is 0 Å². The van der Waals surface area contributed by atoms with Gasteiger partial charge in [-0.3, -0.25) is 5.10 Å². The third-order valence-corrected chi connectivity index (χ3v) is 3.60. The number of aromatic nitrogens is 4. The van der Waals surface area contributed by atoms with Crippen LogP contribution in [-0.2, 0) is 12.6 Å². The number of rotatable bonds is 4. The van der Waals surface area contributed by atoms with Crippen molar-refractivity contribution in [3.8, 4) is 0 Å². The van der Waals surface area contributed by atoms with Crippen molar-refractivity contribution >= 4 is 23.4 Å². The zero-order chi connectivity index (χ0) is 14.8. The monoisotopic (exact) mass is 322 g/mol. The molecule has 0 aliphatic heterocycles. The summed E-state index contributed by atoms with van der Waals surface area (Å²) in [6.07, 6.45) is -2.05. The number of nitrogens with one attached hydrogen (secondary N) is 1. The topological polar surface area (TPSA) is 54.5 Å². The van der Waals surface area contributed by atoms with Crippen molar-refractivity contribution in [3.63, 3.8) is 0 Å². The summed E-state index contributed by atoms with van der Waals surface area (Å²) in [6, 6.07) is 0.844. The van der Waals surface area contributed by atoms with E-state index in [1.165, 1.54) is 0 Å². The second kappa shape index (κ2) is 6.01. The van der Waals surface area contributed by atoms with Gasteiger partial charge < -0.3 is 0 Å². The Morgan fingerprint density at radius 3 is 2.75 bits per heavy atom. The van der Waals surface area contributed by atoms with Crippen LogP contribution >= 0.6 is 23.4 Å². The first kappa shape index (κ1) is 15.1. The minimum atomic E-state index is -4.46. The van der Waals surface area contributed by atoms with Crippen LogP contribution in [0.5, 0.6) is 0 Å². The molecule has 1 N–H and O–H groups in total. The minimum absolute atomic E-state index is 0.0772. The van der Waals surface area contributed by atoms with E-state index in [9.17, 15) is 13.2 Å². The Morgan fingerprint density at radius 2 is 2.15 bits per heavy atom. The molecule has 0 radical (unpaired) electrons. The van der Waals surface area contributed by atoms with Crippen LogP contribution in [-0.4, -0.2) is 20.2 Å². The maximum atomic E-state index is 12.5. The van der Waals surface area contributed by atoms with Gasteiger partial charge in [0.05, 0.1) is 10.6 Å². The van der Waals surface area contributed by atoms with E-state index in [0.717, 1.165) is 42.7 Å². The Balaban J connectivity index is 2.17. The van der Waals surface area contributed by atoms with Crippen LogP contribution in [0.15, 0.2) is 22.4 Å². The molecular weight excluding hydrogens is 313 g/mol. The molecule has 0 saturated heterocycles. The zero-order valence-corrected chi connectivity index (χ0v) is 11.9. The Morgan fingerprint density at radius 1 is 1.40 bits per heavy atom. The number of aromatic amines is 1. The summed E-state index contributed by atoms with van der Waals surface area (Å²) in [7, 11) is 0. The molecule has 0 amide bonds. The highest BCUT2D eigenvalue weighted by Crippen LogP contribution is 2.35. The molecule has 2 rings (SSSR count). The number of H-pyrrole nitrogens is 1. The van der Waals surface area contributed by atoms with Gasteiger partial charge in [0, 0.05) is 12.6 Å². The van der Waals surface area contributed by atoms with E-state index in [1.807, 2.05) is 6.92 Å². The van der Waals surface area contributed by atoms with E-state index in [4.69, 9.17) is 11.6 Å². The van der Waals surface area contributed by atoms with Gasteiger partial charge in [-0.15, -0.1) is 5.10 Å². The molecule has 20 heavy (non-hydrogen) atoms. The molecule has 0 saturated carbocycles. The van der Waals surface area contributed by atoms with E-state index in [2.05, 4.69) is 20.2 Å². The molecule has 0 aliphatic carbocycles. The number of nitrogens with zero attached hydrogens (tertiary/aromatic N) is 3. The fourth-order valence-electron chi connectivity index (χ4n) is 1.41. The van der Waals surface area contributed by atoms with Gasteiger partial charge >= 0.3 is 6.18 Å². The van der Waals surface area contributed by atoms with Crippen LogP contribution in [0, 0.1) is 0 Å². The van der Waals surface area contributed by atoms with E-state index in [0.29, 0.717) is 5.16 Å². The number of hydrogen-bond donors (Lipinski definition) is 1. The number of halogens is 4. The zero-order valence-electron chi connectivity index (χ0n) is 10.3. The molecule has 0 aliphatic rings. The molecule has 2 aromatic heterocycles. The molecule has 0 fully saturated rings. The molecule has 0 spiro atoms. The van der Waals surface area contributed by atoms with Crippen LogP contribution in [0.25, 0.3) is 0 Å². The highest BCUT2D eigenvalue weighted by Gasteiger charge is 2.31. The first-order valence-electron chi connectivity index (χ1n) is 5.72. The fraction of sp³-hybridized carbons (Fsp3) is 0.364. The first-order valence-corrected chi connectivity index (χ1v) is 6.91. The summed E-state index contributed by atoms with van der Waals surface area (Å²) >= 11 is 6.82. The van der Waals surface area contributed by atoms with Gasteiger partial charge in [-0.2, -0.15) is 13.2 Å². The van der Waals surface area contributed by atoms with Crippen LogP contribution < -0.4 is 0 Å². The van der Waals surface area contributed by atoms with Gasteiger partial charge in [0.2, 0.25) is 5.16 Å². The number of pyridine rings is 1. The summed E-state index contributed by atoms with van der Waals surface area (Å²) in [5.41, 5.74) is -0.881. The van der Waals surface area contributed by atoms with Crippen molar-refractivity contribution in [1.82, 2.24) is 20.2 Å². The lowest BCUT2D eigenvalue weighted by Crippen LogP contribution is -2.05. The summed E-state index contributed by atoms with van der Waals surface area (Å²) in [4.78, 5) is 7.90. The highest BCUT2D eigenvalue weighted by atomic mass is 35.5. The van der Waals surface area contributed by atoms with Gasteiger partial charge in [-0.25, -0.2) is 9.97 Å². The fourth-order valence-corrected chi connectivity index (χ4v) is 2.38. The quantitative estimate of drug-likeness (QED) is 0.925. The van der Waals surface area contributed by atoms with Crippen molar-refractivity contribution < 1.29 is 13.2 Å². The average Bonchev–Trinajstić information content (AvgIpc) is 2.78. The molecular formula is C11H10ClF3N4S. The van der Waals surface area contributed by atoms with Crippen molar-refractivity contribution in [1.29, 1.82) is 0 Å². The molecule has 2 aromatic rings. The lowest BCUT2D eigenvalue weighted by atomic mass is 10.3. The first-order chi connectivity index (χ1) is 9.40. The summed E-state index contributed by atoms with van der Waals surface area (Å²) in [5.74, 6) is 0.720. The highest BCUT2D eigenvalue weighted by molar-refractivity contribution is 7.99. The second-order valence-corrected chi connectivity index (χ2v) is 5.29. The SMILES string of the molecule is CCCc1nc(Sc2ncc(C(F)(F)F)cc2Cl)n[nH]1. The van der Waals surface area contributed by atoms with E-state index < -0.39 is 11.7 Å². The predicted octanol–water partition coefficient (Wildman–Crippen LogP) is 3.98. The molecule has 9 heteroatoms. The molecule has 0 unspecified atom stereocenters. The Bertz CT molecular complexity index is 600. The van der Waals surface area contributed by atoms with Gasteiger partial charge in [-0.1, -0.05) is 18.5 Å². The van der Waals surface area contributed by atoms with Crippen molar-refractivity contribution in [2.45, 2.75) is 36.1 Å². The van der Waals surface area contributed by atoms with Crippen LogP contribution in [0.4, 0.5) is 13.2 Å². The van der Waals surface area contributed by atoms with Crippen molar-refractivity contribution in [2.24, 2.45) is 0 Å². The van der Waals surface area contributed by atoms with Gasteiger partial charge in [0.15, 0.2) is 0 Å². The largest absolute Gasteiger partial charge is 0.417 e. The summed E-state index contributed by atoms with van der Waals surface area (Å²) < 4.78 is 37.4. The number of hydrogen-bond acceptors (Lipinski definition) is 4. The lowest BCUT2D eigenvalue weighted by Gasteiger charge is -2.07. The Labute approximate surface area is 122 Å². The van der Waals surface area contributed by atoms with Crippen LogP contribution in [0.1, 0.15) is 24.7 Å². The third kappa shape index (κ3) is 3.63.